The molecule has 0 aliphatic rings. The zero-order valence-electron chi connectivity index (χ0n) is 8.31. The molecule has 0 spiro atoms. The van der Waals surface area contributed by atoms with Gasteiger partial charge in [-0.1, -0.05) is 23.6 Å². The van der Waals surface area contributed by atoms with Gasteiger partial charge in [-0.05, 0) is 0 Å². The quantitative estimate of drug-likeness (QED) is 0.706. The van der Waals surface area contributed by atoms with E-state index in [9.17, 15) is 18.0 Å². The molecule has 0 bridgehead atoms. The summed E-state index contributed by atoms with van der Waals surface area (Å²) in [5.74, 6) is 1.72. The Morgan fingerprint density at radius 2 is 1.88 bits per heavy atom. The minimum absolute atomic E-state index is 0.130. The molecule has 16 heavy (non-hydrogen) atoms. The number of hydrogen-bond donors (Lipinski definition) is 0. The predicted octanol–water partition coefficient (Wildman–Crippen LogP) is 2.74. The van der Waals surface area contributed by atoms with Crippen molar-refractivity contribution < 1.29 is 18.0 Å². The minimum Gasteiger partial charge on any atom is -0.288 e. The molecule has 0 aromatic heterocycles. The van der Waals surface area contributed by atoms with E-state index >= 15 is 0 Å². The molecule has 84 valence electrons. The summed E-state index contributed by atoms with van der Waals surface area (Å²) >= 11 is 0.934. The lowest BCUT2D eigenvalue weighted by Crippen LogP contribution is -1.92. The van der Waals surface area contributed by atoms with Gasteiger partial charge in [0.25, 0.3) is 0 Å². The Balaban J connectivity index is 2.84. The van der Waals surface area contributed by atoms with Crippen LogP contribution in [-0.4, -0.2) is 10.9 Å². The van der Waals surface area contributed by atoms with Crippen LogP contribution in [0, 0.1) is 29.3 Å². The van der Waals surface area contributed by atoms with Gasteiger partial charge in [-0.25, -0.2) is 13.2 Å². The molecule has 0 aliphatic heterocycles. The van der Waals surface area contributed by atoms with E-state index in [0.717, 1.165) is 11.8 Å². The van der Waals surface area contributed by atoms with E-state index in [2.05, 4.69) is 11.8 Å². The van der Waals surface area contributed by atoms with Crippen LogP contribution in [0.1, 0.15) is 12.5 Å². The smallest absolute Gasteiger partial charge is 0.186 e. The molecule has 0 saturated carbocycles. The van der Waals surface area contributed by atoms with E-state index < -0.39 is 23.0 Å². The molecule has 1 nitrogen and oxygen atoms in total. The second-order valence-corrected chi connectivity index (χ2v) is 3.98. The lowest BCUT2D eigenvalue weighted by Gasteiger charge is -1.96. The zero-order chi connectivity index (χ0) is 12.1. The van der Waals surface area contributed by atoms with Crippen molar-refractivity contribution in [2.75, 3.05) is 5.75 Å². The third-order valence-electron chi connectivity index (χ3n) is 1.57. The maximum Gasteiger partial charge on any atom is 0.186 e. The highest BCUT2D eigenvalue weighted by molar-refractivity contribution is 8.13. The second-order valence-electron chi connectivity index (χ2n) is 2.83. The van der Waals surface area contributed by atoms with Gasteiger partial charge in [0.2, 0.25) is 0 Å². The summed E-state index contributed by atoms with van der Waals surface area (Å²) in [4.78, 5) is 10.5. The summed E-state index contributed by atoms with van der Waals surface area (Å²) in [5, 5.41) is -0.130. The van der Waals surface area contributed by atoms with Gasteiger partial charge in [0.1, 0.15) is 17.5 Å². The first-order valence-electron chi connectivity index (χ1n) is 4.27. The summed E-state index contributed by atoms with van der Waals surface area (Å²) in [7, 11) is 0. The first-order valence-corrected chi connectivity index (χ1v) is 5.26. The third-order valence-corrected chi connectivity index (χ3v) is 2.26. The average Bonchev–Trinajstić information content (AvgIpc) is 2.14. The van der Waals surface area contributed by atoms with Crippen LogP contribution in [0.3, 0.4) is 0 Å². The molecule has 0 saturated heterocycles. The maximum absolute atomic E-state index is 13.0. The fourth-order valence-electron chi connectivity index (χ4n) is 0.924. The van der Waals surface area contributed by atoms with Gasteiger partial charge in [-0.3, -0.25) is 4.79 Å². The Kier molecular flexibility index (Phi) is 4.44. The van der Waals surface area contributed by atoms with Crippen LogP contribution in [0.5, 0.6) is 0 Å². The van der Waals surface area contributed by atoms with Crippen LogP contribution in [0.2, 0.25) is 0 Å². The molecule has 1 aromatic rings. The van der Waals surface area contributed by atoms with Crippen LogP contribution < -0.4 is 0 Å². The van der Waals surface area contributed by atoms with E-state index in [0.29, 0.717) is 12.1 Å². The van der Waals surface area contributed by atoms with Gasteiger partial charge in [-0.2, -0.15) is 0 Å². The van der Waals surface area contributed by atoms with Crippen molar-refractivity contribution in [3.8, 4) is 11.8 Å². The van der Waals surface area contributed by atoms with Crippen LogP contribution >= 0.6 is 11.8 Å². The third kappa shape index (κ3) is 3.63. The topological polar surface area (TPSA) is 17.1 Å². The lowest BCUT2D eigenvalue weighted by atomic mass is 10.2. The van der Waals surface area contributed by atoms with E-state index in [-0.39, 0.29) is 10.9 Å². The minimum atomic E-state index is -1.04. The molecule has 1 rings (SSSR count). The fraction of sp³-hybridized carbons (Fsp3) is 0.182. The number of thioether (sulfide) groups is 1. The van der Waals surface area contributed by atoms with E-state index in [4.69, 9.17) is 0 Å². The largest absolute Gasteiger partial charge is 0.288 e. The molecule has 0 radical (unpaired) electrons. The van der Waals surface area contributed by atoms with Gasteiger partial charge in [0.05, 0.1) is 11.3 Å². The summed E-state index contributed by atoms with van der Waals surface area (Å²) < 4.78 is 38.6. The van der Waals surface area contributed by atoms with Crippen molar-refractivity contribution in [3.63, 3.8) is 0 Å². The normalized spacial score (nSPS) is 9.50. The highest BCUT2D eigenvalue weighted by Gasteiger charge is 2.08. The molecule has 0 unspecified atom stereocenters. The number of carbonyl (C=O) groups is 1. The van der Waals surface area contributed by atoms with Crippen LogP contribution in [0.4, 0.5) is 13.2 Å². The molecular weight excluding hydrogens is 237 g/mol. The standard InChI is InChI=1S/C11H7F3OS/c1-7(15)16-4-2-3-9-10(13)5-8(12)6-11(9)14/h5-6H,4H2,1H3. The predicted molar refractivity (Wildman–Crippen MR) is 56.3 cm³/mol. The molecule has 0 aliphatic carbocycles. The Morgan fingerprint density at radius 3 is 2.38 bits per heavy atom. The Morgan fingerprint density at radius 1 is 1.31 bits per heavy atom. The number of halogens is 3. The number of carbonyl (C=O) groups excluding carboxylic acids is 1. The summed E-state index contributed by atoms with van der Waals surface area (Å²) in [6.45, 7) is 1.37. The van der Waals surface area contributed by atoms with Crippen molar-refractivity contribution in [3.05, 3.63) is 35.1 Å². The zero-order valence-corrected chi connectivity index (χ0v) is 9.13. The average molecular weight is 244 g/mol. The lowest BCUT2D eigenvalue weighted by molar-refractivity contribution is -0.109. The maximum atomic E-state index is 13.0. The number of rotatable bonds is 1. The van der Waals surface area contributed by atoms with Gasteiger partial charge >= 0.3 is 0 Å². The van der Waals surface area contributed by atoms with E-state index in [1.165, 1.54) is 6.92 Å². The van der Waals surface area contributed by atoms with Crippen molar-refractivity contribution in [2.45, 2.75) is 6.92 Å². The Hall–Kier alpha value is -1.41. The molecule has 0 atom stereocenters. The summed E-state index contributed by atoms with van der Waals surface area (Å²) in [5.41, 5.74) is -0.481. The van der Waals surface area contributed by atoms with Crippen molar-refractivity contribution in [1.82, 2.24) is 0 Å². The highest BCUT2D eigenvalue weighted by Crippen LogP contribution is 2.13. The summed E-state index contributed by atoms with van der Waals surface area (Å²) in [6.07, 6.45) is 0. The van der Waals surface area contributed by atoms with E-state index in [1.807, 2.05) is 0 Å². The molecule has 5 heteroatoms. The van der Waals surface area contributed by atoms with Crippen molar-refractivity contribution in [2.24, 2.45) is 0 Å². The van der Waals surface area contributed by atoms with Crippen molar-refractivity contribution in [1.29, 1.82) is 0 Å². The molecule has 1 aromatic carbocycles. The Labute approximate surface area is 95.0 Å². The molecular formula is C11H7F3OS. The first-order chi connectivity index (χ1) is 7.50. The van der Waals surface area contributed by atoms with Gasteiger partial charge in [0, 0.05) is 19.1 Å². The molecule has 0 amide bonds. The molecule has 0 fully saturated rings. The number of hydrogen-bond acceptors (Lipinski definition) is 2. The second kappa shape index (κ2) is 5.61. The van der Waals surface area contributed by atoms with Gasteiger partial charge in [-0.15, -0.1) is 0 Å². The van der Waals surface area contributed by atoms with Crippen LogP contribution in [0.25, 0.3) is 0 Å². The monoisotopic (exact) mass is 244 g/mol. The van der Waals surface area contributed by atoms with Crippen LogP contribution in [-0.2, 0) is 4.79 Å². The number of benzene rings is 1. The fourth-order valence-corrected chi connectivity index (χ4v) is 1.27. The SMILES string of the molecule is CC(=O)SCC#Cc1c(F)cc(F)cc1F. The van der Waals surface area contributed by atoms with Crippen molar-refractivity contribution >= 4 is 16.9 Å². The molecule has 0 N–H and O–H groups in total. The summed E-state index contributed by atoms with van der Waals surface area (Å²) in [6, 6.07) is 1.12. The van der Waals surface area contributed by atoms with Crippen LogP contribution in [0.15, 0.2) is 12.1 Å². The van der Waals surface area contributed by atoms with E-state index in [1.54, 1.807) is 0 Å². The highest BCUT2D eigenvalue weighted by atomic mass is 32.2. The molecule has 0 heterocycles. The first kappa shape index (κ1) is 12.7. The Bertz CT molecular complexity index is 451. The van der Waals surface area contributed by atoms with Gasteiger partial charge < -0.3 is 0 Å². The van der Waals surface area contributed by atoms with Gasteiger partial charge in [0.15, 0.2) is 5.12 Å².